The van der Waals surface area contributed by atoms with Crippen LogP contribution in [0, 0.1) is 17.6 Å². The molecule has 136 valence electrons. The molecule has 0 aliphatic carbocycles. The molecule has 2 atom stereocenters. The molecule has 1 saturated heterocycles. The normalized spacial score (nSPS) is 18.0. The Labute approximate surface area is 149 Å². The molecule has 0 bridgehead atoms. The van der Waals surface area contributed by atoms with Crippen LogP contribution in [0.15, 0.2) is 48.5 Å². The van der Waals surface area contributed by atoms with Gasteiger partial charge >= 0.3 is 0 Å². The minimum Gasteiger partial charge on any atom is -0.387 e. The Kier molecular flexibility index (Phi) is 5.27. The first-order valence-corrected chi connectivity index (χ1v) is 8.24. The third-order valence-corrected chi connectivity index (χ3v) is 4.39. The van der Waals surface area contributed by atoms with Crippen LogP contribution in [0.25, 0.3) is 0 Å². The Morgan fingerprint density at radius 2 is 1.92 bits per heavy atom. The van der Waals surface area contributed by atoms with E-state index in [1.54, 1.807) is 24.3 Å². The maximum absolute atomic E-state index is 13.4. The molecule has 5 nitrogen and oxygen atoms in total. The standard InChI is InChI=1S/C19H18F2N2O3/c20-15-7-6-13(10-16(15)21)23-9-8-14(19(23)26)18(25)22-11-17(24)12-4-2-1-3-5-12/h1-7,10,14,17,24H,8-9,11H2,(H,22,25). The largest absolute Gasteiger partial charge is 0.387 e. The molecule has 2 aromatic rings. The van der Waals surface area contributed by atoms with Gasteiger partial charge in [0.2, 0.25) is 11.8 Å². The lowest BCUT2D eigenvalue weighted by Crippen LogP contribution is -2.38. The maximum atomic E-state index is 13.4. The molecule has 1 fully saturated rings. The van der Waals surface area contributed by atoms with Crippen molar-refractivity contribution in [3.63, 3.8) is 0 Å². The van der Waals surface area contributed by atoms with Gasteiger partial charge in [0.15, 0.2) is 11.6 Å². The molecule has 2 amide bonds. The van der Waals surface area contributed by atoms with Crippen molar-refractivity contribution in [1.29, 1.82) is 0 Å². The molecule has 2 N–H and O–H groups in total. The summed E-state index contributed by atoms with van der Waals surface area (Å²) < 4.78 is 26.4. The smallest absolute Gasteiger partial charge is 0.239 e. The van der Waals surface area contributed by atoms with Gasteiger partial charge in [-0.3, -0.25) is 9.59 Å². The Morgan fingerprint density at radius 3 is 2.62 bits per heavy atom. The third kappa shape index (κ3) is 3.72. The zero-order valence-electron chi connectivity index (χ0n) is 13.9. The molecular weight excluding hydrogens is 342 g/mol. The summed E-state index contributed by atoms with van der Waals surface area (Å²) in [7, 11) is 0. The van der Waals surface area contributed by atoms with Crippen LogP contribution in [0.3, 0.4) is 0 Å². The number of carbonyl (C=O) groups excluding carboxylic acids is 2. The molecule has 0 radical (unpaired) electrons. The van der Waals surface area contributed by atoms with Crippen LogP contribution in [0.5, 0.6) is 0 Å². The van der Waals surface area contributed by atoms with Crippen LogP contribution < -0.4 is 10.2 Å². The predicted octanol–water partition coefficient (Wildman–Crippen LogP) is 2.17. The van der Waals surface area contributed by atoms with Crippen LogP contribution in [0.1, 0.15) is 18.1 Å². The third-order valence-electron chi connectivity index (χ3n) is 4.39. The molecule has 1 aliphatic rings. The van der Waals surface area contributed by atoms with Gasteiger partial charge in [-0.2, -0.15) is 0 Å². The van der Waals surface area contributed by atoms with Gasteiger partial charge < -0.3 is 15.3 Å². The molecule has 0 spiro atoms. The van der Waals surface area contributed by atoms with E-state index in [-0.39, 0.29) is 25.2 Å². The van der Waals surface area contributed by atoms with Crippen LogP contribution in [0.2, 0.25) is 0 Å². The highest BCUT2D eigenvalue weighted by Crippen LogP contribution is 2.26. The quantitative estimate of drug-likeness (QED) is 0.803. The van der Waals surface area contributed by atoms with Crippen molar-refractivity contribution in [2.24, 2.45) is 5.92 Å². The SMILES string of the molecule is O=C(NCC(O)c1ccccc1)C1CCN(c2ccc(F)c(F)c2)C1=O. The van der Waals surface area contributed by atoms with Crippen LogP contribution in [-0.2, 0) is 9.59 Å². The number of aliphatic hydroxyl groups is 1. The molecule has 1 aliphatic heterocycles. The van der Waals surface area contributed by atoms with Crippen LogP contribution in [0.4, 0.5) is 14.5 Å². The van der Waals surface area contributed by atoms with E-state index >= 15 is 0 Å². The first-order chi connectivity index (χ1) is 12.5. The Bertz CT molecular complexity index is 814. The van der Waals surface area contributed by atoms with Crippen LogP contribution >= 0.6 is 0 Å². The number of hydrogen-bond acceptors (Lipinski definition) is 3. The first-order valence-electron chi connectivity index (χ1n) is 8.24. The summed E-state index contributed by atoms with van der Waals surface area (Å²) in [4.78, 5) is 26.0. The van der Waals surface area contributed by atoms with Gasteiger partial charge in [-0.1, -0.05) is 30.3 Å². The van der Waals surface area contributed by atoms with Gasteiger partial charge in [0.25, 0.3) is 0 Å². The lowest BCUT2D eigenvalue weighted by atomic mass is 10.1. The molecule has 26 heavy (non-hydrogen) atoms. The summed E-state index contributed by atoms with van der Waals surface area (Å²) in [5, 5.41) is 12.7. The number of amides is 2. The van der Waals surface area contributed by atoms with E-state index in [1.165, 1.54) is 11.0 Å². The highest BCUT2D eigenvalue weighted by atomic mass is 19.2. The monoisotopic (exact) mass is 360 g/mol. The number of anilines is 1. The van der Waals surface area contributed by atoms with Gasteiger partial charge in [-0.05, 0) is 24.1 Å². The molecule has 3 rings (SSSR count). The predicted molar refractivity (Wildman–Crippen MR) is 91.2 cm³/mol. The highest BCUT2D eigenvalue weighted by Gasteiger charge is 2.37. The highest BCUT2D eigenvalue weighted by molar-refractivity contribution is 6.09. The molecule has 2 unspecified atom stereocenters. The van der Waals surface area contributed by atoms with E-state index < -0.39 is 35.5 Å². The van der Waals surface area contributed by atoms with E-state index in [1.807, 2.05) is 6.07 Å². The number of rotatable bonds is 5. The topological polar surface area (TPSA) is 69.6 Å². The molecule has 0 aromatic heterocycles. The van der Waals surface area contributed by atoms with Gasteiger partial charge in [0, 0.05) is 24.8 Å². The van der Waals surface area contributed by atoms with Crippen molar-refractivity contribution in [2.75, 3.05) is 18.0 Å². The number of halogens is 2. The number of hydrogen-bond donors (Lipinski definition) is 2. The average molecular weight is 360 g/mol. The average Bonchev–Trinajstić information content (AvgIpc) is 3.04. The summed E-state index contributed by atoms with van der Waals surface area (Å²) in [6, 6.07) is 12.0. The van der Waals surface area contributed by atoms with E-state index in [0.29, 0.717) is 5.56 Å². The van der Waals surface area contributed by atoms with Crippen molar-refractivity contribution in [1.82, 2.24) is 5.32 Å². The molecule has 0 saturated carbocycles. The fourth-order valence-corrected chi connectivity index (χ4v) is 2.95. The van der Waals surface area contributed by atoms with Gasteiger partial charge in [0.05, 0.1) is 6.10 Å². The summed E-state index contributed by atoms with van der Waals surface area (Å²) in [6.07, 6.45) is -0.607. The summed E-state index contributed by atoms with van der Waals surface area (Å²) in [5.41, 5.74) is 0.877. The van der Waals surface area contributed by atoms with E-state index in [4.69, 9.17) is 0 Å². The van der Waals surface area contributed by atoms with Crippen molar-refractivity contribution < 1.29 is 23.5 Å². The molecule has 7 heteroatoms. The Hall–Kier alpha value is -2.80. The fourth-order valence-electron chi connectivity index (χ4n) is 2.95. The van der Waals surface area contributed by atoms with Gasteiger partial charge in [-0.15, -0.1) is 0 Å². The van der Waals surface area contributed by atoms with E-state index in [9.17, 15) is 23.5 Å². The minimum atomic E-state index is -1.05. The second kappa shape index (κ2) is 7.61. The minimum absolute atomic E-state index is 0.0161. The van der Waals surface area contributed by atoms with Crippen molar-refractivity contribution in [2.45, 2.75) is 12.5 Å². The number of nitrogens with one attached hydrogen (secondary N) is 1. The zero-order valence-corrected chi connectivity index (χ0v) is 13.9. The van der Waals surface area contributed by atoms with Gasteiger partial charge in [0.1, 0.15) is 5.92 Å². The lowest BCUT2D eigenvalue weighted by Gasteiger charge is -2.17. The maximum Gasteiger partial charge on any atom is 0.239 e. The fraction of sp³-hybridized carbons (Fsp3) is 0.263. The lowest BCUT2D eigenvalue weighted by molar-refractivity contribution is -0.132. The van der Waals surface area contributed by atoms with Crippen molar-refractivity contribution >= 4 is 17.5 Å². The number of nitrogens with zero attached hydrogens (tertiary/aromatic N) is 1. The van der Waals surface area contributed by atoms with Crippen molar-refractivity contribution in [3.8, 4) is 0 Å². The molecular formula is C19H18F2N2O3. The summed E-state index contributed by atoms with van der Waals surface area (Å²) in [5.74, 6) is -3.91. The van der Waals surface area contributed by atoms with E-state index in [0.717, 1.165) is 12.1 Å². The summed E-state index contributed by atoms with van der Waals surface area (Å²) in [6.45, 7) is 0.223. The van der Waals surface area contributed by atoms with Crippen LogP contribution in [-0.4, -0.2) is 30.0 Å². The second-order valence-corrected chi connectivity index (χ2v) is 6.10. The number of aliphatic hydroxyl groups excluding tert-OH is 1. The Morgan fingerprint density at radius 1 is 1.19 bits per heavy atom. The first kappa shape index (κ1) is 18.0. The number of benzene rings is 2. The number of carbonyl (C=O) groups is 2. The molecule has 2 aromatic carbocycles. The zero-order chi connectivity index (χ0) is 18.7. The van der Waals surface area contributed by atoms with Crippen molar-refractivity contribution in [3.05, 3.63) is 65.7 Å². The van der Waals surface area contributed by atoms with E-state index in [2.05, 4.69) is 5.32 Å². The Balaban J connectivity index is 1.60. The van der Waals surface area contributed by atoms with Gasteiger partial charge in [-0.25, -0.2) is 8.78 Å². The second-order valence-electron chi connectivity index (χ2n) is 6.10. The molecule has 1 heterocycles. The summed E-state index contributed by atoms with van der Waals surface area (Å²) >= 11 is 0.